The van der Waals surface area contributed by atoms with E-state index in [1.54, 1.807) is 7.11 Å². The number of ether oxygens (including phenoxy) is 4. The van der Waals surface area contributed by atoms with Crippen LogP contribution in [-0.4, -0.2) is 59.3 Å². The minimum Gasteiger partial charge on any atom is -0.461 e. The summed E-state index contributed by atoms with van der Waals surface area (Å²) in [5.41, 5.74) is 0. The van der Waals surface area contributed by atoms with Crippen LogP contribution in [0.3, 0.4) is 0 Å². The van der Waals surface area contributed by atoms with E-state index >= 15 is 0 Å². The monoisotopic (exact) mass is 237 g/mol. The van der Waals surface area contributed by atoms with Crippen molar-refractivity contribution in [2.24, 2.45) is 5.90 Å². The van der Waals surface area contributed by atoms with E-state index in [0.717, 1.165) is 0 Å². The Kier molecular flexibility index (Phi) is 11.8. The van der Waals surface area contributed by atoms with Gasteiger partial charge in [-0.15, -0.1) is 0 Å². The summed E-state index contributed by atoms with van der Waals surface area (Å²) in [6, 6.07) is 0. The van der Waals surface area contributed by atoms with Crippen molar-refractivity contribution < 1.29 is 28.6 Å². The van der Waals surface area contributed by atoms with Crippen molar-refractivity contribution in [3.05, 3.63) is 0 Å². The third-order valence-corrected chi connectivity index (χ3v) is 1.50. The molecule has 0 aromatic carbocycles. The van der Waals surface area contributed by atoms with Gasteiger partial charge in [0, 0.05) is 7.11 Å². The quantitative estimate of drug-likeness (QED) is 0.283. The molecule has 0 radical (unpaired) electrons. The minimum absolute atomic E-state index is 0.181. The summed E-state index contributed by atoms with van der Waals surface area (Å²) >= 11 is 0. The number of hydrogen-bond acceptors (Lipinski definition) is 7. The molecule has 0 aromatic heterocycles. The molecule has 0 aliphatic carbocycles. The fourth-order valence-electron chi connectivity index (χ4n) is 0.788. The molecule has 0 saturated carbocycles. The lowest BCUT2D eigenvalue weighted by atomic mass is 10.7. The summed E-state index contributed by atoms with van der Waals surface area (Å²) in [5.74, 6) is 4.17. The molecule has 7 heteroatoms. The number of rotatable bonds is 11. The van der Waals surface area contributed by atoms with Crippen LogP contribution in [0.1, 0.15) is 0 Å². The first-order valence-corrected chi connectivity index (χ1v) is 4.93. The summed E-state index contributed by atoms with van der Waals surface area (Å²) in [5, 5.41) is 0. The highest BCUT2D eigenvalue weighted by Crippen LogP contribution is 1.83. The highest BCUT2D eigenvalue weighted by molar-refractivity contribution is 5.70. The first-order valence-electron chi connectivity index (χ1n) is 4.93. The van der Waals surface area contributed by atoms with E-state index in [0.29, 0.717) is 33.0 Å². The Morgan fingerprint density at radius 1 is 1.00 bits per heavy atom. The first kappa shape index (κ1) is 15.3. The van der Waals surface area contributed by atoms with Crippen molar-refractivity contribution in [1.82, 2.24) is 0 Å². The van der Waals surface area contributed by atoms with E-state index in [1.165, 1.54) is 0 Å². The van der Waals surface area contributed by atoms with Crippen LogP contribution in [0.2, 0.25) is 0 Å². The van der Waals surface area contributed by atoms with Gasteiger partial charge in [-0.2, -0.15) is 0 Å². The van der Waals surface area contributed by atoms with Crippen molar-refractivity contribution in [2.45, 2.75) is 0 Å². The second-order valence-electron chi connectivity index (χ2n) is 2.75. The summed E-state index contributed by atoms with van der Waals surface area (Å²) in [4.78, 5) is 14.8. The predicted octanol–water partition coefficient (Wildman–Crippen LogP) is -0.900. The second kappa shape index (κ2) is 12.3. The number of hydrogen-bond donors (Lipinski definition) is 1. The van der Waals surface area contributed by atoms with Crippen molar-refractivity contribution >= 4 is 5.97 Å². The van der Waals surface area contributed by atoms with Gasteiger partial charge in [0.05, 0.1) is 33.0 Å². The molecule has 0 spiro atoms. The Morgan fingerprint density at radius 2 is 1.56 bits per heavy atom. The molecule has 0 saturated heterocycles. The van der Waals surface area contributed by atoms with Gasteiger partial charge in [-0.25, -0.2) is 10.7 Å². The molecule has 96 valence electrons. The molecule has 0 aliphatic heterocycles. The molecule has 16 heavy (non-hydrogen) atoms. The van der Waals surface area contributed by atoms with E-state index in [9.17, 15) is 4.79 Å². The summed E-state index contributed by atoms with van der Waals surface area (Å²) < 4.78 is 19.8. The van der Waals surface area contributed by atoms with E-state index in [1.807, 2.05) is 0 Å². The zero-order chi connectivity index (χ0) is 12.1. The van der Waals surface area contributed by atoms with Gasteiger partial charge < -0.3 is 18.9 Å². The molecule has 0 rings (SSSR count). The number of methoxy groups -OCH3 is 1. The zero-order valence-corrected chi connectivity index (χ0v) is 9.48. The van der Waals surface area contributed by atoms with Gasteiger partial charge in [0.2, 0.25) is 0 Å². The molecule has 0 atom stereocenters. The van der Waals surface area contributed by atoms with Crippen LogP contribution in [0, 0.1) is 0 Å². The van der Waals surface area contributed by atoms with Gasteiger partial charge in [-0.3, -0.25) is 4.84 Å². The summed E-state index contributed by atoms with van der Waals surface area (Å²) in [6.07, 6.45) is 0. The van der Waals surface area contributed by atoms with E-state index in [-0.39, 0.29) is 13.2 Å². The van der Waals surface area contributed by atoms with Gasteiger partial charge in [0.25, 0.3) is 0 Å². The Hall–Kier alpha value is -0.730. The molecule has 0 fully saturated rings. The summed E-state index contributed by atoms with van der Waals surface area (Å²) in [7, 11) is 1.61. The highest BCUT2D eigenvalue weighted by atomic mass is 16.6. The van der Waals surface area contributed by atoms with Crippen LogP contribution >= 0.6 is 0 Å². The van der Waals surface area contributed by atoms with Crippen molar-refractivity contribution in [3.63, 3.8) is 0 Å². The molecule has 0 unspecified atom stereocenters. The molecular weight excluding hydrogens is 218 g/mol. The summed E-state index contributed by atoms with van der Waals surface area (Å²) in [6.45, 7) is 2.31. The second-order valence-corrected chi connectivity index (χ2v) is 2.75. The maximum absolute atomic E-state index is 10.7. The molecule has 0 bridgehead atoms. The van der Waals surface area contributed by atoms with Gasteiger partial charge >= 0.3 is 5.97 Å². The number of carbonyl (C=O) groups excluding carboxylic acids is 1. The SMILES string of the molecule is COCCOCCOCCOC(=O)CON. The topological polar surface area (TPSA) is 89.2 Å². The van der Waals surface area contributed by atoms with Gasteiger partial charge in [-0.05, 0) is 0 Å². The molecule has 0 aromatic rings. The van der Waals surface area contributed by atoms with Crippen LogP contribution in [-0.2, 0) is 28.6 Å². The Bertz CT molecular complexity index is 166. The fourth-order valence-corrected chi connectivity index (χ4v) is 0.788. The van der Waals surface area contributed by atoms with Crippen LogP contribution in [0.15, 0.2) is 0 Å². The predicted molar refractivity (Wildman–Crippen MR) is 54.6 cm³/mol. The van der Waals surface area contributed by atoms with Gasteiger partial charge in [0.15, 0.2) is 6.61 Å². The van der Waals surface area contributed by atoms with Gasteiger partial charge in [-0.1, -0.05) is 0 Å². The van der Waals surface area contributed by atoms with Crippen LogP contribution in [0.4, 0.5) is 0 Å². The molecule has 0 amide bonds. The first-order chi connectivity index (χ1) is 7.81. The third kappa shape index (κ3) is 11.3. The molecule has 0 heterocycles. The van der Waals surface area contributed by atoms with Crippen LogP contribution in [0.25, 0.3) is 0 Å². The third-order valence-electron chi connectivity index (χ3n) is 1.50. The molecular formula is C9H19NO6. The largest absolute Gasteiger partial charge is 0.461 e. The van der Waals surface area contributed by atoms with E-state index < -0.39 is 5.97 Å². The van der Waals surface area contributed by atoms with E-state index in [4.69, 9.17) is 18.9 Å². The average molecular weight is 237 g/mol. The van der Waals surface area contributed by atoms with Crippen LogP contribution < -0.4 is 5.90 Å². The number of nitrogens with two attached hydrogens (primary N) is 1. The highest BCUT2D eigenvalue weighted by Gasteiger charge is 2.00. The fraction of sp³-hybridized carbons (Fsp3) is 0.889. The Labute approximate surface area is 94.7 Å². The molecule has 0 aliphatic rings. The lowest BCUT2D eigenvalue weighted by Gasteiger charge is -2.06. The maximum atomic E-state index is 10.7. The minimum atomic E-state index is -0.512. The van der Waals surface area contributed by atoms with E-state index in [2.05, 4.69) is 10.7 Å². The Morgan fingerprint density at radius 3 is 2.12 bits per heavy atom. The normalized spacial score (nSPS) is 10.4. The molecule has 2 N–H and O–H groups in total. The van der Waals surface area contributed by atoms with Crippen molar-refractivity contribution in [2.75, 3.05) is 53.4 Å². The van der Waals surface area contributed by atoms with Crippen molar-refractivity contribution in [3.8, 4) is 0 Å². The Balaban J connectivity index is 3.01. The number of esters is 1. The number of carbonyl (C=O) groups is 1. The van der Waals surface area contributed by atoms with Crippen LogP contribution in [0.5, 0.6) is 0 Å². The zero-order valence-electron chi connectivity index (χ0n) is 9.48. The maximum Gasteiger partial charge on any atom is 0.334 e. The van der Waals surface area contributed by atoms with Gasteiger partial charge in [0.1, 0.15) is 6.61 Å². The smallest absolute Gasteiger partial charge is 0.334 e. The average Bonchev–Trinajstić information content (AvgIpc) is 2.27. The lowest BCUT2D eigenvalue weighted by molar-refractivity contribution is -0.150. The lowest BCUT2D eigenvalue weighted by Crippen LogP contribution is -2.18. The van der Waals surface area contributed by atoms with Crippen molar-refractivity contribution in [1.29, 1.82) is 0 Å². The molecule has 7 nitrogen and oxygen atoms in total. The standard InChI is InChI=1S/C9H19NO6/c1-12-2-3-13-4-5-14-6-7-15-9(11)8-16-10/h2-8,10H2,1H3.